The summed E-state index contributed by atoms with van der Waals surface area (Å²) in [5.41, 5.74) is 7.44. The maximum Gasteiger partial charge on any atom is 0.303 e. The van der Waals surface area contributed by atoms with Crippen molar-refractivity contribution in [2.75, 3.05) is 19.7 Å². The number of carbonyl (C=O) groups excluding carboxylic acids is 5. The van der Waals surface area contributed by atoms with Gasteiger partial charge in [-0.3, -0.25) is 33.6 Å². The molecule has 0 aliphatic carbocycles. The first-order valence-corrected chi connectivity index (χ1v) is 20.7. The third-order valence-corrected chi connectivity index (χ3v) is 9.77. The molecule has 3 rings (SSSR count). The molecular weight excluding hydrogens is 809 g/mol. The normalized spacial score (nSPS) is 12.5. The number of hydrogen-bond acceptors (Lipinski definition) is 9. The Hall–Kier alpha value is -5.81. The summed E-state index contributed by atoms with van der Waals surface area (Å²) < 4.78 is 31.2. The maximum atomic E-state index is 15.1. The lowest BCUT2D eigenvalue weighted by Gasteiger charge is -2.41. The fourth-order valence-corrected chi connectivity index (χ4v) is 6.76. The number of aromatic nitrogens is 1. The summed E-state index contributed by atoms with van der Waals surface area (Å²) in [6, 6.07) is 11.2. The highest BCUT2D eigenvalue weighted by molar-refractivity contribution is 5.91. The first-order valence-electron chi connectivity index (χ1n) is 20.7. The average molecular weight is 870 g/mol. The van der Waals surface area contributed by atoms with Crippen molar-refractivity contribution in [3.05, 3.63) is 83.7 Å². The number of aliphatic carboxylic acids is 2. The van der Waals surface area contributed by atoms with Crippen LogP contribution in [0.3, 0.4) is 0 Å². The second-order valence-corrected chi connectivity index (χ2v) is 15.6. The van der Waals surface area contributed by atoms with Gasteiger partial charge in [0.25, 0.3) is 0 Å². The number of carboxylic acid groups (broad SMARTS) is 2. The van der Waals surface area contributed by atoms with Crippen molar-refractivity contribution in [1.29, 1.82) is 0 Å². The number of nitrogens with zero attached hydrogens (tertiary/aromatic N) is 2. The molecule has 1 heterocycles. The Morgan fingerprint density at radius 3 is 2.10 bits per heavy atom. The largest absolute Gasteiger partial charge is 0.481 e. The molecule has 17 heteroatoms. The van der Waals surface area contributed by atoms with Crippen molar-refractivity contribution >= 4 is 41.2 Å². The first-order chi connectivity index (χ1) is 29.3. The average Bonchev–Trinajstić information content (AvgIpc) is 3.63. The molecule has 0 saturated heterocycles. The number of benzene rings is 2. The number of halogens is 2. The third kappa shape index (κ3) is 17.3. The molecule has 7 N–H and O–H groups in total. The van der Waals surface area contributed by atoms with Crippen LogP contribution in [-0.2, 0) is 40.1 Å². The van der Waals surface area contributed by atoms with Gasteiger partial charge in [0.1, 0.15) is 24.0 Å². The summed E-state index contributed by atoms with van der Waals surface area (Å²) in [4.78, 5) is 87.2. The SMILES string of the molecule is CC.CC(C)(C)[C@H](c1cc(-c2cc(F)ccc2F)cn1Cc1ccccc1)N(CC[C@H](N)C(=O)NCCCC(=O)[C@@H](CCC(=O)O)NC(=O)CCC(=O)CCC(=O)O)C(=O)CO. The van der Waals surface area contributed by atoms with E-state index in [9.17, 15) is 43.1 Å². The van der Waals surface area contributed by atoms with Crippen LogP contribution in [0.15, 0.2) is 60.8 Å². The molecule has 2 aromatic carbocycles. The lowest BCUT2D eigenvalue weighted by atomic mass is 9.82. The van der Waals surface area contributed by atoms with Crippen LogP contribution in [0.1, 0.15) is 110 Å². The number of carbonyl (C=O) groups is 7. The summed E-state index contributed by atoms with van der Waals surface area (Å²) in [7, 11) is 0. The van der Waals surface area contributed by atoms with Gasteiger partial charge < -0.3 is 41.2 Å². The molecule has 0 aliphatic rings. The molecule has 3 aromatic rings. The minimum absolute atomic E-state index is 0.00767. The number of nitrogens with two attached hydrogens (primary N) is 1. The van der Waals surface area contributed by atoms with Gasteiger partial charge >= 0.3 is 11.9 Å². The van der Waals surface area contributed by atoms with Crippen molar-refractivity contribution in [3.63, 3.8) is 0 Å². The van der Waals surface area contributed by atoms with E-state index in [1.807, 2.05) is 69.5 Å². The zero-order valence-corrected chi connectivity index (χ0v) is 36.1. The summed E-state index contributed by atoms with van der Waals surface area (Å²) >= 11 is 0. The van der Waals surface area contributed by atoms with Gasteiger partial charge in [-0.2, -0.15) is 0 Å². The van der Waals surface area contributed by atoms with Gasteiger partial charge in [0.15, 0.2) is 5.78 Å². The molecule has 15 nitrogen and oxygen atoms in total. The highest BCUT2D eigenvalue weighted by Crippen LogP contribution is 2.41. The summed E-state index contributed by atoms with van der Waals surface area (Å²) in [6.07, 6.45) is -0.198. The zero-order valence-electron chi connectivity index (χ0n) is 36.1. The topological polar surface area (TPSA) is 238 Å². The van der Waals surface area contributed by atoms with E-state index in [-0.39, 0.29) is 70.0 Å². The fraction of sp³-hybridized carbons (Fsp3) is 0.489. The highest BCUT2D eigenvalue weighted by atomic mass is 19.1. The Kier molecular flexibility index (Phi) is 21.8. The molecule has 0 aliphatic heterocycles. The number of amides is 3. The van der Waals surface area contributed by atoms with Crippen LogP contribution >= 0.6 is 0 Å². The van der Waals surface area contributed by atoms with E-state index in [2.05, 4.69) is 10.6 Å². The Balaban J connectivity index is 0.00000651. The second-order valence-electron chi connectivity index (χ2n) is 15.6. The monoisotopic (exact) mass is 869 g/mol. The van der Waals surface area contributed by atoms with Gasteiger partial charge in [-0.15, -0.1) is 0 Å². The number of aliphatic hydroxyl groups excluding tert-OH is 1. The Morgan fingerprint density at radius 2 is 1.48 bits per heavy atom. The molecule has 340 valence electrons. The third-order valence-electron chi connectivity index (χ3n) is 9.77. The summed E-state index contributed by atoms with van der Waals surface area (Å²) in [5.74, 6) is -6.47. The number of nitrogens with one attached hydrogen (secondary N) is 2. The predicted molar refractivity (Wildman–Crippen MR) is 227 cm³/mol. The van der Waals surface area contributed by atoms with E-state index in [0.717, 1.165) is 23.8 Å². The second kappa shape index (κ2) is 25.8. The van der Waals surface area contributed by atoms with Crippen LogP contribution in [0.2, 0.25) is 0 Å². The standard InChI is InChI=1S/C43H55F2N5O10.C2H6/c1-43(2,3)41(35-22-28(31-23-29(44)11-14-32(31)45)25-49(35)24-27-8-5-4-6-9-27)50(38(55)26-51)21-19-33(46)42(60)47-20-7-10-36(53)34(15-18-40(58)59)48-37(54)16-12-30(52)13-17-39(56)57;1-2/h4-6,8-9,11,14,22-23,25,33-34,41,51H,7,10,12-13,15-21,24,26,46H2,1-3H3,(H,47,60)(H,48,54)(H,56,57)(H,58,59);1-2H3/t33-,34+,41-;/m0./s1. The highest BCUT2D eigenvalue weighted by Gasteiger charge is 2.37. The van der Waals surface area contributed by atoms with Crippen LogP contribution in [0.4, 0.5) is 8.78 Å². The van der Waals surface area contributed by atoms with Gasteiger partial charge in [-0.1, -0.05) is 65.0 Å². The molecule has 0 bridgehead atoms. The van der Waals surface area contributed by atoms with Crippen molar-refractivity contribution in [2.24, 2.45) is 11.1 Å². The van der Waals surface area contributed by atoms with Crippen molar-refractivity contribution < 1.29 is 57.7 Å². The van der Waals surface area contributed by atoms with Crippen molar-refractivity contribution in [1.82, 2.24) is 20.1 Å². The predicted octanol–water partition coefficient (Wildman–Crippen LogP) is 5.16. The van der Waals surface area contributed by atoms with Crippen LogP contribution in [0.25, 0.3) is 11.1 Å². The van der Waals surface area contributed by atoms with E-state index in [1.54, 1.807) is 12.3 Å². The van der Waals surface area contributed by atoms with Crippen LogP contribution in [-0.4, -0.2) is 97.8 Å². The molecular formula is C45H61F2N5O10. The zero-order chi connectivity index (χ0) is 46.6. The van der Waals surface area contributed by atoms with E-state index in [0.29, 0.717) is 17.8 Å². The number of hydrogen-bond donors (Lipinski definition) is 6. The van der Waals surface area contributed by atoms with E-state index >= 15 is 4.39 Å². The molecule has 62 heavy (non-hydrogen) atoms. The number of Topliss-reactive ketones (excluding diaryl/α,β-unsaturated/α-hetero) is 2. The minimum Gasteiger partial charge on any atom is -0.481 e. The summed E-state index contributed by atoms with van der Waals surface area (Å²) in [5, 5.41) is 33.1. The van der Waals surface area contributed by atoms with Gasteiger partial charge in [0, 0.05) is 74.8 Å². The first kappa shape index (κ1) is 52.3. The van der Waals surface area contributed by atoms with Gasteiger partial charge in [0.05, 0.1) is 24.5 Å². The van der Waals surface area contributed by atoms with E-state index in [1.165, 1.54) is 4.90 Å². The Bertz CT molecular complexity index is 1980. The molecule has 3 atom stereocenters. The lowest BCUT2D eigenvalue weighted by Crippen LogP contribution is -2.47. The molecule has 0 fully saturated rings. The quantitative estimate of drug-likeness (QED) is 0.0608. The van der Waals surface area contributed by atoms with Crippen molar-refractivity contribution in [2.45, 2.75) is 117 Å². The molecule has 0 unspecified atom stereocenters. The lowest BCUT2D eigenvalue weighted by molar-refractivity contribution is -0.140. The Labute approximate surface area is 361 Å². The number of aliphatic hydroxyl groups is 1. The van der Waals surface area contributed by atoms with Gasteiger partial charge in [0.2, 0.25) is 17.7 Å². The van der Waals surface area contributed by atoms with Crippen LogP contribution in [0.5, 0.6) is 0 Å². The van der Waals surface area contributed by atoms with Crippen LogP contribution < -0.4 is 16.4 Å². The molecule has 0 radical (unpaired) electrons. The fourth-order valence-electron chi connectivity index (χ4n) is 6.76. The Morgan fingerprint density at radius 1 is 0.839 bits per heavy atom. The number of carboxylic acids is 2. The molecule has 0 spiro atoms. The molecule has 3 amide bonds. The van der Waals surface area contributed by atoms with Crippen LogP contribution in [0, 0.1) is 17.0 Å². The number of rotatable bonds is 25. The number of ketones is 2. The summed E-state index contributed by atoms with van der Waals surface area (Å²) in [6.45, 7) is 9.03. The van der Waals surface area contributed by atoms with Gasteiger partial charge in [-0.05, 0) is 54.5 Å². The maximum absolute atomic E-state index is 15.1. The smallest absolute Gasteiger partial charge is 0.303 e. The minimum atomic E-state index is -1.19. The molecule has 0 saturated carbocycles. The van der Waals surface area contributed by atoms with E-state index < -0.39 is 89.4 Å². The molecule has 1 aromatic heterocycles. The van der Waals surface area contributed by atoms with Gasteiger partial charge in [-0.25, -0.2) is 8.78 Å². The van der Waals surface area contributed by atoms with E-state index in [4.69, 9.17) is 15.9 Å². The van der Waals surface area contributed by atoms with Crippen molar-refractivity contribution in [3.8, 4) is 11.1 Å².